The summed E-state index contributed by atoms with van der Waals surface area (Å²) in [6, 6.07) is 0. The summed E-state index contributed by atoms with van der Waals surface area (Å²) in [5, 5.41) is -2.20. The van der Waals surface area contributed by atoms with Crippen molar-refractivity contribution in [1.82, 2.24) is 0 Å². The maximum atomic E-state index is 13.8. The van der Waals surface area contributed by atoms with Gasteiger partial charge in [-0.3, -0.25) is 0 Å². The number of hydrogen-bond acceptors (Lipinski definition) is 2. The number of unbranched alkanes of at least 4 members (excludes halogenated alkanes) is 9. The lowest BCUT2D eigenvalue weighted by molar-refractivity contribution is 0.0184. The van der Waals surface area contributed by atoms with Crippen LogP contribution in [-0.2, 0) is 9.84 Å². The molecule has 0 aromatic rings. The first kappa shape index (κ1) is 22.7. The first-order chi connectivity index (χ1) is 11.8. The Labute approximate surface area is 149 Å². The van der Waals surface area contributed by atoms with Gasteiger partial charge in [-0.25, -0.2) is 26.0 Å². The van der Waals surface area contributed by atoms with Crippen molar-refractivity contribution in [2.24, 2.45) is 0 Å². The van der Waals surface area contributed by atoms with Crippen LogP contribution in [0.1, 0.15) is 77.6 Å². The first-order valence-electron chi connectivity index (χ1n) is 9.59. The van der Waals surface area contributed by atoms with Crippen molar-refractivity contribution < 1.29 is 26.0 Å². The van der Waals surface area contributed by atoms with Gasteiger partial charge in [-0.2, -0.15) is 0 Å². The van der Waals surface area contributed by atoms with E-state index in [1.54, 1.807) is 0 Å². The van der Waals surface area contributed by atoms with E-state index in [4.69, 9.17) is 0 Å². The minimum Gasteiger partial charge on any atom is -0.244 e. The molecule has 1 rings (SSSR count). The third kappa shape index (κ3) is 7.43. The second-order valence-corrected chi connectivity index (χ2v) is 9.45. The van der Waals surface area contributed by atoms with Crippen LogP contribution < -0.4 is 0 Å². The molecule has 2 nitrogen and oxygen atoms in total. The molecule has 7 heteroatoms. The molecule has 0 saturated heterocycles. The monoisotopic (exact) mass is 388 g/mol. The summed E-state index contributed by atoms with van der Waals surface area (Å²) in [6.07, 6.45) is -0.379. The SMILES string of the molecule is CCCCCCCCCCCCS(=O)(=O)C1C(F)C(F)CC(F)C1F. The van der Waals surface area contributed by atoms with E-state index < -0.39 is 51.9 Å². The third-order valence-corrected chi connectivity index (χ3v) is 7.17. The molecule has 0 aromatic heterocycles. The average Bonchev–Trinajstić information content (AvgIpc) is 2.54. The summed E-state index contributed by atoms with van der Waals surface area (Å²) in [6.45, 7) is 2.17. The molecule has 4 atom stereocenters. The molecule has 1 aliphatic carbocycles. The fourth-order valence-corrected chi connectivity index (χ4v) is 5.40. The number of rotatable bonds is 12. The van der Waals surface area contributed by atoms with Crippen LogP contribution in [0.3, 0.4) is 0 Å². The molecule has 0 bridgehead atoms. The quantitative estimate of drug-likeness (QED) is 0.329. The van der Waals surface area contributed by atoms with Crippen LogP contribution in [0.4, 0.5) is 17.6 Å². The molecule has 0 N–H and O–H groups in total. The normalized spacial score (nSPS) is 30.5. The van der Waals surface area contributed by atoms with Crippen molar-refractivity contribution in [3.05, 3.63) is 0 Å². The molecule has 25 heavy (non-hydrogen) atoms. The Morgan fingerprint density at radius 2 is 1.12 bits per heavy atom. The predicted octanol–water partition coefficient (Wildman–Crippen LogP) is 5.45. The summed E-state index contributed by atoms with van der Waals surface area (Å²) in [5.41, 5.74) is 0. The van der Waals surface area contributed by atoms with E-state index in [1.165, 1.54) is 32.1 Å². The van der Waals surface area contributed by atoms with Crippen LogP contribution in [0.15, 0.2) is 0 Å². The fourth-order valence-electron chi connectivity index (χ4n) is 3.39. The van der Waals surface area contributed by atoms with Crippen molar-refractivity contribution in [2.45, 2.75) is 107 Å². The Balaban J connectivity index is 2.26. The maximum absolute atomic E-state index is 13.8. The Hall–Kier alpha value is -0.330. The molecule has 0 aromatic carbocycles. The van der Waals surface area contributed by atoms with E-state index in [0.29, 0.717) is 6.42 Å². The summed E-state index contributed by atoms with van der Waals surface area (Å²) < 4.78 is 78.6. The van der Waals surface area contributed by atoms with Gasteiger partial charge in [0, 0.05) is 6.42 Å². The van der Waals surface area contributed by atoms with Crippen LogP contribution in [-0.4, -0.2) is 44.1 Å². The summed E-state index contributed by atoms with van der Waals surface area (Å²) in [4.78, 5) is 0. The van der Waals surface area contributed by atoms with Gasteiger partial charge in [0.2, 0.25) is 0 Å². The second-order valence-electron chi connectivity index (χ2n) is 7.17. The molecule has 1 fully saturated rings. The Morgan fingerprint density at radius 3 is 1.56 bits per heavy atom. The van der Waals surface area contributed by atoms with Crippen molar-refractivity contribution in [3.8, 4) is 0 Å². The highest BCUT2D eigenvalue weighted by molar-refractivity contribution is 7.92. The Kier molecular flexibility index (Phi) is 10.4. The lowest BCUT2D eigenvalue weighted by atomic mass is 9.93. The lowest BCUT2D eigenvalue weighted by Gasteiger charge is -2.33. The second kappa shape index (κ2) is 11.4. The molecule has 1 saturated carbocycles. The van der Waals surface area contributed by atoms with Crippen LogP contribution in [0.25, 0.3) is 0 Å². The molecule has 0 spiro atoms. The van der Waals surface area contributed by atoms with Gasteiger partial charge in [0.25, 0.3) is 0 Å². The summed E-state index contributed by atoms with van der Waals surface area (Å²) >= 11 is 0. The molecular formula is C18H32F4O2S. The highest BCUT2D eigenvalue weighted by Gasteiger charge is 2.52. The van der Waals surface area contributed by atoms with E-state index in [0.717, 1.165) is 19.3 Å². The third-order valence-electron chi connectivity index (χ3n) is 4.97. The van der Waals surface area contributed by atoms with Crippen molar-refractivity contribution in [2.75, 3.05) is 5.75 Å². The van der Waals surface area contributed by atoms with E-state index >= 15 is 0 Å². The topological polar surface area (TPSA) is 34.1 Å². The van der Waals surface area contributed by atoms with Gasteiger partial charge < -0.3 is 0 Å². The van der Waals surface area contributed by atoms with Gasteiger partial charge in [0.05, 0.1) is 5.75 Å². The zero-order valence-corrected chi connectivity index (χ0v) is 15.9. The molecule has 0 heterocycles. The smallest absolute Gasteiger partial charge is 0.159 e. The fraction of sp³-hybridized carbons (Fsp3) is 1.00. The van der Waals surface area contributed by atoms with Gasteiger partial charge in [-0.05, 0) is 6.42 Å². The number of halogens is 4. The minimum absolute atomic E-state index is 0.280. The van der Waals surface area contributed by atoms with Crippen molar-refractivity contribution >= 4 is 9.84 Å². The number of sulfone groups is 1. The van der Waals surface area contributed by atoms with E-state index in [2.05, 4.69) is 6.92 Å². The zero-order valence-electron chi connectivity index (χ0n) is 15.1. The van der Waals surface area contributed by atoms with Gasteiger partial charge in [-0.1, -0.05) is 64.7 Å². The molecule has 0 amide bonds. The van der Waals surface area contributed by atoms with Crippen LogP contribution >= 0.6 is 0 Å². The predicted molar refractivity (Wildman–Crippen MR) is 93.6 cm³/mol. The van der Waals surface area contributed by atoms with Gasteiger partial charge in [0.1, 0.15) is 17.6 Å². The van der Waals surface area contributed by atoms with E-state index in [-0.39, 0.29) is 6.42 Å². The van der Waals surface area contributed by atoms with Crippen LogP contribution in [0, 0.1) is 0 Å². The standard InChI is InChI=1S/C18H32F4O2S/c1-2-3-4-5-6-7-8-9-10-11-12-25(23,24)18-16(21)14(19)13-15(20)17(18)22/h14-18H,2-13H2,1H3. The van der Waals surface area contributed by atoms with Crippen LogP contribution in [0.5, 0.6) is 0 Å². The molecular weight excluding hydrogens is 356 g/mol. The zero-order chi connectivity index (χ0) is 18.9. The Morgan fingerprint density at radius 1 is 0.720 bits per heavy atom. The lowest BCUT2D eigenvalue weighted by Crippen LogP contribution is -2.53. The maximum Gasteiger partial charge on any atom is 0.159 e. The summed E-state index contributed by atoms with van der Waals surface area (Å²) in [7, 11) is -4.19. The number of hydrogen-bond donors (Lipinski definition) is 0. The highest BCUT2D eigenvalue weighted by Crippen LogP contribution is 2.34. The summed E-state index contributed by atoms with van der Waals surface area (Å²) in [5.74, 6) is -0.408. The van der Waals surface area contributed by atoms with Crippen molar-refractivity contribution in [3.63, 3.8) is 0 Å². The van der Waals surface area contributed by atoms with Gasteiger partial charge >= 0.3 is 0 Å². The first-order valence-corrected chi connectivity index (χ1v) is 11.3. The van der Waals surface area contributed by atoms with Crippen LogP contribution in [0.2, 0.25) is 0 Å². The van der Waals surface area contributed by atoms with E-state index in [9.17, 15) is 26.0 Å². The highest BCUT2D eigenvalue weighted by atomic mass is 32.2. The molecule has 4 unspecified atom stereocenters. The Bertz CT molecular complexity index is 444. The molecule has 1 aliphatic rings. The average molecular weight is 389 g/mol. The minimum atomic E-state index is -4.19. The molecule has 150 valence electrons. The largest absolute Gasteiger partial charge is 0.244 e. The van der Waals surface area contributed by atoms with Gasteiger partial charge in [0.15, 0.2) is 22.2 Å². The van der Waals surface area contributed by atoms with Crippen molar-refractivity contribution in [1.29, 1.82) is 0 Å². The molecule has 0 radical (unpaired) electrons. The van der Waals surface area contributed by atoms with Gasteiger partial charge in [-0.15, -0.1) is 0 Å². The molecule has 0 aliphatic heterocycles. The number of alkyl halides is 4. The van der Waals surface area contributed by atoms with E-state index in [1.807, 2.05) is 0 Å².